The standard InChI is InChI=1S/C20H34O4/c1-19(2,3)23-17(21)15-11-7-10-14-13(15)9-8-12-16(14)18(22)24-20(4,5)6/h13-16H,7-12H2,1-6H3. The molecule has 2 saturated carbocycles. The Kier molecular flexibility index (Phi) is 5.66. The lowest BCUT2D eigenvalue weighted by Gasteiger charge is -2.44. The Morgan fingerprint density at radius 3 is 1.29 bits per heavy atom. The van der Waals surface area contributed by atoms with E-state index in [1.165, 1.54) is 0 Å². The molecule has 0 aromatic heterocycles. The molecule has 2 aliphatic carbocycles. The minimum Gasteiger partial charge on any atom is -0.460 e. The molecule has 2 rings (SSSR count). The molecule has 0 aromatic rings. The number of fused-ring (bicyclic) bond motifs is 1. The molecular weight excluding hydrogens is 304 g/mol. The zero-order valence-corrected chi connectivity index (χ0v) is 16.2. The van der Waals surface area contributed by atoms with Crippen LogP contribution < -0.4 is 0 Å². The summed E-state index contributed by atoms with van der Waals surface area (Å²) in [6, 6.07) is 0. The van der Waals surface area contributed by atoms with E-state index in [1.807, 2.05) is 41.5 Å². The summed E-state index contributed by atoms with van der Waals surface area (Å²) in [7, 11) is 0. The Bertz CT molecular complexity index is 425. The van der Waals surface area contributed by atoms with Crippen molar-refractivity contribution in [3.8, 4) is 0 Å². The number of carbonyl (C=O) groups is 2. The summed E-state index contributed by atoms with van der Waals surface area (Å²) in [5.74, 6) is 0.241. The second-order valence-electron chi connectivity index (χ2n) is 9.47. The Hall–Kier alpha value is -1.06. The van der Waals surface area contributed by atoms with Crippen molar-refractivity contribution in [2.24, 2.45) is 23.7 Å². The molecule has 2 fully saturated rings. The highest BCUT2D eigenvalue weighted by Gasteiger charge is 2.47. The fourth-order valence-corrected chi connectivity index (χ4v) is 4.34. The fraction of sp³-hybridized carbons (Fsp3) is 0.900. The van der Waals surface area contributed by atoms with Crippen LogP contribution in [0.25, 0.3) is 0 Å². The van der Waals surface area contributed by atoms with Crippen LogP contribution in [-0.4, -0.2) is 23.1 Å². The van der Waals surface area contributed by atoms with Crippen molar-refractivity contribution in [3.05, 3.63) is 0 Å². The first-order valence-electron chi connectivity index (χ1n) is 9.44. The molecule has 4 heteroatoms. The number of rotatable bonds is 2. The molecule has 4 atom stereocenters. The van der Waals surface area contributed by atoms with Crippen molar-refractivity contribution in [1.29, 1.82) is 0 Å². The van der Waals surface area contributed by atoms with Gasteiger partial charge in [0.05, 0.1) is 11.8 Å². The largest absolute Gasteiger partial charge is 0.460 e. The summed E-state index contributed by atoms with van der Waals surface area (Å²) in [6.07, 6.45) is 5.80. The Balaban J connectivity index is 2.11. The van der Waals surface area contributed by atoms with Crippen LogP contribution in [0.2, 0.25) is 0 Å². The minimum absolute atomic E-state index is 0.0618. The molecule has 2 aliphatic rings. The Morgan fingerprint density at radius 1 is 0.667 bits per heavy atom. The van der Waals surface area contributed by atoms with E-state index in [1.54, 1.807) is 0 Å². The van der Waals surface area contributed by atoms with Crippen molar-refractivity contribution >= 4 is 11.9 Å². The topological polar surface area (TPSA) is 52.6 Å². The minimum atomic E-state index is -0.455. The van der Waals surface area contributed by atoms with E-state index in [0.717, 1.165) is 38.5 Å². The third-order valence-corrected chi connectivity index (χ3v) is 5.11. The normalized spacial score (nSPS) is 31.1. The number of ether oxygens (including phenoxy) is 2. The van der Waals surface area contributed by atoms with Crippen molar-refractivity contribution in [2.75, 3.05) is 0 Å². The number of esters is 2. The van der Waals surface area contributed by atoms with E-state index < -0.39 is 11.2 Å². The number of hydrogen-bond acceptors (Lipinski definition) is 4. The van der Waals surface area contributed by atoms with Crippen LogP contribution in [0, 0.1) is 23.7 Å². The lowest BCUT2D eigenvalue weighted by atomic mass is 9.61. The van der Waals surface area contributed by atoms with Gasteiger partial charge in [-0.1, -0.05) is 12.8 Å². The van der Waals surface area contributed by atoms with Gasteiger partial charge in [-0.25, -0.2) is 0 Å². The van der Waals surface area contributed by atoms with E-state index in [0.29, 0.717) is 0 Å². The Labute approximate surface area is 146 Å². The predicted octanol–water partition coefficient (Wildman–Crippen LogP) is 4.50. The van der Waals surface area contributed by atoms with Gasteiger partial charge in [0.1, 0.15) is 11.2 Å². The third-order valence-electron chi connectivity index (χ3n) is 5.11. The zero-order valence-electron chi connectivity index (χ0n) is 16.2. The van der Waals surface area contributed by atoms with Gasteiger partial charge in [-0.05, 0) is 79.1 Å². The van der Waals surface area contributed by atoms with Crippen LogP contribution in [0.4, 0.5) is 0 Å². The second-order valence-corrected chi connectivity index (χ2v) is 9.47. The quantitative estimate of drug-likeness (QED) is 0.696. The SMILES string of the molecule is CC(C)(C)OC(=O)C1CCCC2C(C(=O)OC(C)(C)C)CCCC12. The molecule has 0 saturated heterocycles. The van der Waals surface area contributed by atoms with Crippen LogP contribution in [0.15, 0.2) is 0 Å². The molecule has 4 nitrogen and oxygen atoms in total. The first kappa shape index (κ1) is 19.3. The van der Waals surface area contributed by atoms with E-state index >= 15 is 0 Å². The molecule has 24 heavy (non-hydrogen) atoms. The number of carbonyl (C=O) groups excluding carboxylic acids is 2. The van der Waals surface area contributed by atoms with Crippen LogP contribution in [0.1, 0.15) is 80.1 Å². The summed E-state index contributed by atoms with van der Waals surface area (Å²) in [5.41, 5.74) is -0.910. The van der Waals surface area contributed by atoms with Gasteiger partial charge in [-0.2, -0.15) is 0 Å². The highest BCUT2D eigenvalue weighted by molar-refractivity contribution is 5.75. The molecule has 4 unspecified atom stereocenters. The predicted molar refractivity (Wildman–Crippen MR) is 93.4 cm³/mol. The summed E-state index contributed by atoms with van der Waals surface area (Å²) < 4.78 is 11.3. The lowest BCUT2D eigenvalue weighted by Crippen LogP contribution is -2.45. The van der Waals surface area contributed by atoms with Crippen molar-refractivity contribution in [1.82, 2.24) is 0 Å². The van der Waals surface area contributed by atoms with Gasteiger partial charge in [0.15, 0.2) is 0 Å². The maximum atomic E-state index is 12.6. The van der Waals surface area contributed by atoms with E-state index in [4.69, 9.17) is 9.47 Å². The first-order valence-corrected chi connectivity index (χ1v) is 9.44. The van der Waals surface area contributed by atoms with Crippen molar-refractivity contribution in [3.63, 3.8) is 0 Å². The molecular formula is C20H34O4. The summed E-state index contributed by atoms with van der Waals surface area (Å²) in [5, 5.41) is 0. The molecule has 0 aliphatic heterocycles. The first-order chi connectivity index (χ1) is 11.0. The van der Waals surface area contributed by atoms with Crippen molar-refractivity contribution < 1.29 is 19.1 Å². The van der Waals surface area contributed by atoms with Crippen LogP contribution in [0.5, 0.6) is 0 Å². The molecule has 0 aromatic carbocycles. The van der Waals surface area contributed by atoms with Gasteiger partial charge < -0.3 is 9.47 Å². The maximum absolute atomic E-state index is 12.6. The lowest BCUT2D eigenvalue weighted by molar-refractivity contribution is -0.173. The third kappa shape index (κ3) is 4.97. The zero-order chi connectivity index (χ0) is 18.1. The van der Waals surface area contributed by atoms with Gasteiger partial charge in [-0.15, -0.1) is 0 Å². The van der Waals surface area contributed by atoms with E-state index in [2.05, 4.69) is 0 Å². The average molecular weight is 338 g/mol. The van der Waals surface area contributed by atoms with Crippen LogP contribution in [-0.2, 0) is 19.1 Å². The smallest absolute Gasteiger partial charge is 0.309 e. The van der Waals surface area contributed by atoms with Gasteiger partial charge in [0.2, 0.25) is 0 Å². The highest BCUT2D eigenvalue weighted by atomic mass is 16.6. The summed E-state index contributed by atoms with van der Waals surface area (Å²) >= 11 is 0. The van der Waals surface area contributed by atoms with E-state index in [9.17, 15) is 9.59 Å². The molecule has 0 amide bonds. The van der Waals surface area contributed by atoms with Gasteiger partial charge in [0.25, 0.3) is 0 Å². The molecule has 0 radical (unpaired) electrons. The number of hydrogen-bond donors (Lipinski definition) is 0. The molecule has 0 spiro atoms. The van der Waals surface area contributed by atoms with Gasteiger partial charge >= 0.3 is 11.9 Å². The van der Waals surface area contributed by atoms with Crippen LogP contribution >= 0.6 is 0 Å². The Morgan fingerprint density at radius 2 is 1.00 bits per heavy atom. The highest BCUT2D eigenvalue weighted by Crippen LogP contribution is 2.48. The van der Waals surface area contributed by atoms with E-state index in [-0.39, 0.29) is 35.6 Å². The molecule has 0 heterocycles. The molecule has 0 bridgehead atoms. The summed E-state index contributed by atoms with van der Waals surface area (Å²) in [6.45, 7) is 11.5. The molecule has 0 N–H and O–H groups in total. The second kappa shape index (κ2) is 7.05. The van der Waals surface area contributed by atoms with Crippen molar-refractivity contribution in [2.45, 2.75) is 91.3 Å². The average Bonchev–Trinajstić information content (AvgIpc) is 2.42. The maximum Gasteiger partial charge on any atom is 0.309 e. The summed E-state index contributed by atoms with van der Waals surface area (Å²) in [4.78, 5) is 25.3. The van der Waals surface area contributed by atoms with Gasteiger partial charge in [0, 0.05) is 0 Å². The monoisotopic (exact) mass is 338 g/mol. The van der Waals surface area contributed by atoms with Gasteiger partial charge in [-0.3, -0.25) is 9.59 Å². The molecule has 138 valence electrons. The van der Waals surface area contributed by atoms with Crippen LogP contribution in [0.3, 0.4) is 0 Å². The fourth-order valence-electron chi connectivity index (χ4n) is 4.34.